The predicted octanol–water partition coefficient (Wildman–Crippen LogP) is 2.35. The average molecular weight is 330 g/mol. The molecular formula is C16H16ClN5O. The summed E-state index contributed by atoms with van der Waals surface area (Å²) in [6.07, 6.45) is 1.36. The van der Waals surface area contributed by atoms with E-state index in [0.717, 1.165) is 11.4 Å². The van der Waals surface area contributed by atoms with Gasteiger partial charge in [-0.05, 0) is 18.2 Å². The summed E-state index contributed by atoms with van der Waals surface area (Å²) in [6, 6.07) is 9.03. The third-order valence-electron chi connectivity index (χ3n) is 3.64. The van der Waals surface area contributed by atoms with Crippen LogP contribution in [0.4, 0.5) is 11.4 Å². The molecule has 0 aromatic heterocycles. The summed E-state index contributed by atoms with van der Waals surface area (Å²) in [7, 11) is 0. The van der Waals surface area contributed by atoms with Crippen LogP contribution in [-0.2, 0) is 4.79 Å². The largest absolute Gasteiger partial charge is 0.366 e. The molecule has 1 aliphatic heterocycles. The fourth-order valence-electron chi connectivity index (χ4n) is 2.40. The SMILES string of the molecule is CC(=O)N1CCN(c2ccc(Cl)cc2NC=C(C#N)C#N)CC1. The molecule has 1 fully saturated rings. The van der Waals surface area contributed by atoms with E-state index in [1.807, 2.05) is 11.0 Å². The fourth-order valence-corrected chi connectivity index (χ4v) is 2.57. The molecule has 0 bridgehead atoms. The minimum atomic E-state index is -0.0164. The molecule has 0 aliphatic carbocycles. The van der Waals surface area contributed by atoms with Gasteiger partial charge in [0.15, 0.2) is 0 Å². The van der Waals surface area contributed by atoms with Crippen LogP contribution in [0.3, 0.4) is 0 Å². The van der Waals surface area contributed by atoms with Crippen molar-refractivity contribution in [2.45, 2.75) is 6.92 Å². The zero-order chi connectivity index (χ0) is 16.8. The van der Waals surface area contributed by atoms with Gasteiger partial charge in [0.1, 0.15) is 17.7 Å². The van der Waals surface area contributed by atoms with Crippen LogP contribution in [0.2, 0.25) is 5.02 Å². The quantitative estimate of drug-likeness (QED) is 0.861. The summed E-state index contributed by atoms with van der Waals surface area (Å²) in [4.78, 5) is 15.4. The van der Waals surface area contributed by atoms with Crippen molar-refractivity contribution in [2.24, 2.45) is 0 Å². The molecule has 0 unspecified atom stereocenters. The Kier molecular flexibility index (Phi) is 5.46. The maximum atomic E-state index is 11.4. The maximum absolute atomic E-state index is 11.4. The molecule has 7 heteroatoms. The minimum Gasteiger partial charge on any atom is -0.366 e. The van der Waals surface area contributed by atoms with Crippen molar-refractivity contribution in [2.75, 3.05) is 36.4 Å². The second kappa shape index (κ2) is 7.53. The highest BCUT2D eigenvalue weighted by Crippen LogP contribution is 2.30. The normalized spacial score (nSPS) is 13.7. The molecule has 1 aliphatic rings. The first-order chi connectivity index (χ1) is 11.0. The van der Waals surface area contributed by atoms with E-state index in [0.29, 0.717) is 31.2 Å². The predicted molar refractivity (Wildman–Crippen MR) is 88.9 cm³/mol. The molecule has 0 atom stereocenters. The lowest BCUT2D eigenvalue weighted by molar-refractivity contribution is -0.129. The highest BCUT2D eigenvalue weighted by atomic mass is 35.5. The van der Waals surface area contributed by atoms with Crippen LogP contribution in [0.1, 0.15) is 6.92 Å². The number of amides is 1. The van der Waals surface area contributed by atoms with Crippen LogP contribution in [0.25, 0.3) is 0 Å². The van der Waals surface area contributed by atoms with Crippen LogP contribution in [0.15, 0.2) is 30.0 Å². The number of halogens is 1. The third kappa shape index (κ3) is 4.15. The van der Waals surface area contributed by atoms with Crippen molar-refractivity contribution in [3.05, 3.63) is 35.0 Å². The first-order valence-electron chi connectivity index (χ1n) is 7.12. The molecule has 6 nitrogen and oxygen atoms in total. The van der Waals surface area contributed by atoms with Gasteiger partial charge >= 0.3 is 0 Å². The number of carbonyl (C=O) groups excluding carboxylic acids is 1. The Hall–Kier alpha value is -2.70. The molecule has 2 rings (SSSR count). The molecule has 0 saturated carbocycles. The molecule has 23 heavy (non-hydrogen) atoms. The van der Waals surface area contributed by atoms with Gasteiger partial charge < -0.3 is 15.1 Å². The number of benzene rings is 1. The Balaban J connectivity index is 2.20. The smallest absolute Gasteiger partial charge is 0.219 e. The molecule has 1 N–H and O–H groups in total. The van der Waals surface area contributed by atoms with E-state index in [-0.39, 0.29) is 11.5 Å². The van der Waals surface area contributed by atoms with Crippen LogP contribution in [0.5, 0.6) is 0 Å². The number of anilines is 2. The maximum Gasteiger partial charge on any atom is 0.219 e. The van der Waals surface area contributed by atoms with E-state index in [1.165, 1.54) is 6.20 Å². The Labute approximate surface area is 140 Å². The van der Waals surface area contributed by atoms with Crippen molar-refractivity contribution in [3.63, 3.8) is 0 Å². The fraction of sp³-hybridized carbons (Fsp3) is 0.312. The Morgan fingerprint density at radius 3 is 2.48 bits per heavy atom. The van der Waals surface area contributed by atoms with Gasteiger partial charge in [0.2, 0.25) is 5.91 Å². The van der Waals surface area contributed by atoms with Gasteiger partial charge in [-0.3, -0.25) is 4.79 Å². The summed E-state index contributed by atoms with van der Waals surface area (Å²) in [5.74, 6) is 0.0784. The van der Waals surface area contributed by atoms with Gasteiger partial charge in [-0.15, -0.1) is 0 Å². The van der Waals surface area contributed by atoms with Crippen LogP contribution >= 0.6 is 11.6 Å². The van der Waals surface area contributed by atoms with E-state index in [4.69, 9.17) is 22.1 Å². The number of nitrogens with zero attached hydrogens (tertiary/aromatic N) is 4. The molecule has 1 amide bonds. The highest BCUT2D eigenvalue weighted by Gasteiger charge is 2.20. The summed E-state index contributed by atoms with van der Waals surface area (Å²) in [6.45, 7) is 4.32. The van der Waals surface area contributed by atoms with E-state index in [1.54, 1.807) is 31.2 Å². The summed E-state index contributed by atoms with van der Waals surface area (Å²) in [5, 5.41) is 21.1. The number of piperazine rings is 1. The van der Waals surface area contributed by atoms with Crippen molar-refractivity contribution in [1.29, 1.82) is 10.5 Å². The Morgan fingerprint density at radius 1 is 1.26 bits per heavy atom. The number of allylic oxidation sites excluding steroid dienone is 1. The molecule has 1 aromatic rings. The second-order valence-corrected chi connectivity index (χ2v) is 5.52. The number of carbonyl (C=O) groups is 1. The van der Waals surface area contributed by atoms with Crippen molar-refractivity contribution in [3.8, 4) is 12.1 Å². The van der Waals surface area contributed by atoms with Crippen molar-refractivity contribution < 1.29 is 4.79 Å². The van der Waals surface area contributed by atoms with E-state index >= 15 is 0 Å². The molecule has 1 heterocycles. The monoisotopic (exact) mass is 329 g/mol. The number of hydrogen-bond donors (Lipinski definition) is 1. The lowest BCUT2D eigenvalue weighted by Crippen LogP contribution is -2.48. The summed E-state index contributed by atoms with van der Waals surface area (Å²) >= 11 is 6.04. The molecule has 1 saturated heterocycles. The lowest BCUT2D eigenvalue weighted by Gasteiger charge is -2.36. The standard InChI is InChI=1S/C16H16ClN5O/c1-12(23)21-4-6-22(7-5-21)16-3-2-14(17)8-15(16)20-11-13(9-18)10-19/h2-3,8,11,20H,4-7H2,1H3. The third-order valence-corrected chi connectivity index (χ3v) is 3.87. The van der Waals surface area contributed by atoms with Gasteiger partial charge in [0, 0.05) is 44.3 Å². The van der Waals surface area contributed by atoms with Gasteiger partial charge in [0.05, 0.1) is 11.4 Å². The molecule has 118 valence electrons. The number of rotatable bonds is 3. The Morgan fingerprint density at radius 2 is 1.91 bits per heavy atom. The average Bonchev–Trinajstić information content (AvgIpc) is 2.56. The van der Waals surface area contributed by atoms with E-state index in [2.05, 4.69) is 10.2 Å². The molecular weight excluding hydrogens is 314 g/mol. The van der Waals surface area contributed by atoms with Gasteiger partial charge in [-0.25, -0.2) is 0 Å². The minimum absolute atomic E-state index is 0.0164. The van der Waals surface area contributed by atoms with Crippen LogP contribution < -0.4 is 10.2 Å². The van der Waals surface area contributed by atoms with Crippen molar-refractivity contribution >= 4 is 28.9 Å². The molecule has 1 aromatic carbocycles. The number of nitrogens with one attached hydrogen (secondary N) is 1. The van der Waals surface area contributed by atoms with E-state index < -0.39 is 0 Å². The van der Waals surface area contributed by atoms with Crippen LogP contribution in [0, 0.1) is 22.7 Å². The van der Waals surface area contributed by atoms with Gasteiger partial charge in [-0.1, -0.05) is 11.6 Å². The van der Waals surface area contributed by atoms with Gasteiger partial charge in [-0.2, -0.15) is 10.5 Å². The van der Waals surface area contributed by atoms with E-state index in [9.17, 15) is 4.79 Å². The summed E-state index contributed by atoms with van der Waals surface area (Å²) in [5.41, 5.74) is 1.62. The number of hydrogen-bond acceptors (Lipinski definition) is 5. The second-order valence-electron chi connectivity index (χ2n) is 5.08. The molecule has 0 radical (unpaired) electrons. The topological polar surface area (TPSA) is 83.2 Å². The van der Waals surface area contributed by atoms with Gasteiger partial charge in [0.25, 0.3) is 0 Å². The first-order valence-corrected chi connectivity index (χ1v) is 7.50. The summed E-state index contributed by atoms with van der Waals surface area (Å²) < 4.78 is 0. The van der Waals surface area contributed by atoms with Crippen molar-refractivity contribution in [1.82, 2.24) is 4.90 Å². The first kappa shape index (κ1) is 16.7. The van der Waals surface area contributed by atoms with Crippen LogP contribution in [-0.4, -0.2) is 37.0 Å². The highest BCUT2D eigenvalue weighted by molar-refractivity contribution is 6.31. The zero-order valence-electron chi connectivity index (χ0n) is 12.7. The zero-order valence-corrected chi connectivity index (χ0v) is 13.5. The lowest BCUT2D eigenvalue weighted by atomic mass is 10.2. The Bertz CT molecular complexity index is 692. The molecule has 0 spiro atoms. The number of nitriles is 2.